The van der Waals surface area contributed by atoms with E-state index in [4.69, 9.17) is 5.11 Å². The first-order valence-electron chi connectivity index (χ1n) is 5.41. The quantitative estimate of drug-likeness (QED) is 0.886. The van der Waals surface area contributed by atoms with Crippen molar-refractivity contribution in [2.75, 3.05) is 5.32 Å². The topological polar surface area (TPSA) is 97.1 Å². The maximum Gasteiger partial charge on any atom is 0.339 e. The van der Waals surface area contributed by atoms with Crippen molar-refractivity contribution in [3.63, 3.8) is 0 Å². The molecule has 2 rings (SSSR count). The molecule has 19 heavy (non-hydrogen) atoms. The summed E-state index contributed by atoms with van der Waals surface area (Å²) in [4.78, 5) is 28.2. The molecule has 0 saturated heterocycles. The van der Waals surface area contributed by atoms with Crippen molar-refractivity contribution in [1.29, 1.82) is 0 Å². The van der Waals surface area contributed by atoms with Crippen LogP contribution in [0.25, 0.3) is 0 Å². The van der Waals surface area contributed by atoms with E-state index in [1.54, 1.807) is 0 Å². The molecule has 0 saturated carbocycles. The van der Waals surface area contributed by atoms with Gasteiger partial charge in [-0.2, -0.15) is 5.10 Å². The van der Waals surface area contributed by atoms with Crippen LogP contribution >= 0.6 is 11.3 Å². The first-order chi connectivity index (χ1) is 8.90. The van der Waals surface area contributed by atoms with Crippen LogP contribution in [0.4, 0.5) is 5.13 Å². The van der Waals surface area contributed by atoms with Gasteiger partial charge in [-0.25, -0.2) is 9.78 Å². The number of carboxylic acids is 1. The molecule has 0 aliphatic rings. The normalized spacial score (nSPS) is 10.5. The number of aromatic nitrogens is 3. The Hall–Kier alpha value is -2.22. The van der Waals surface area contributed by atoms with E-state index in [1.165, 1.54) is 23.1 Å². The zero-order valence-electron chi connectivity index (χ0n) is 10.6. The number of anilines is 1. The SMILES string of the molecule is Cc1nc(NC(=O)c2c(C(=O)O)cnn2C)sc1C. The van der Waals surface area contributed by atoms with Crippen molar-refractivity contribution in [3.8, 4) is 0 Å². The molecule has 0 unspecified atom stereocenters. The Morgan fingerprint density at radius 3 is 2.63 bits per heavy atom. The van der Waals surface area contributed by atoms with Crippen molar-refractivity contribution >= 4 is 28.3 Å². The molecule has 0 aromatic carbocycles. The molecule has 100 valence electrons. The fraction of sp³-hybridized carbons (Fsp3) is 0.273. The number of carbonyl (C=O) groups is 2. The number of nitrogens with zero attached hydrogens (tertiary/aromatic N) is 3. The molecule has 2 aromatic heterocycles. The molecule has 1 amide bonds. The zero-order valence-corrected chi connectivity index (χ0v) is 11.4. The Labute approximate surface area is 112 Å². The van der Waals surface area contributed by atoms with Gasteiger partial charge in [-0.15, -0.1) is 11.3 Å². The number of amides is 1. The molecule has 0 radical (unpaired) electrons. The van der Waals surface area contributed by atoms with Gasteiger partial charge in [0.05, 0.1) is 11.9 Å². The average molecular weight is 280 g/mol. The largest absolute Gasteiger partial charge is 0.478 e. The lowest BCUT2D eigenvalue weighted by molar-refractivity contribution is 0.0692. The highest BCUT2D eigenvalue weighted by Gasteiger charge is 2.22. The minimum absolute atomic E-state index is 0.00185. The van der Waals surface area contributed by atoms with Crippen LogP contribution in [-0.2, 0) is 7.05 Å². The Morgan fingerprint density at radius 2 is 2.11 bits per heavy atom. The van der Waals surface area contributed by atoms with Crippen molar-refractivity contribution < 1.29 is 14.7 Å². The van der Waals surface area contributed by atoms with Crippen LogP contribution in [0.5, 0.6) is 0 Å². The van der Waals surface area contributed by atoms with E-state index in [2.05, 4.69) is 15.4 Å². The van der Waals surface area contributed by atoms with Crippen molar-refractivity contribution in [2.45, 2.75) is 13.8 Å². The molecule has 0 spiro atoms. The van der Waals surface area contributed by atoms with Crippen LogP contribution in [0.1, 0.15) is 31.4 Å². The Morgan fingerprint density at radius 1 is 1.42 bits per heavy atom. The number of rotatable bonds is 3. The minimum atomic E-state index is -1.19. The van der Waals surface area contributed by atoms with Crippen LogP contribution in [0.3, 0.4) is 0 Å². The third-order valence-electron chi connectivity index (χ3n) is 2.63. The van der Waals surface area contributed by atoms with Crippen LogP contribution in [0.15, 0.2) is 6.20 Å². The highest BCUT2D eigenvalue weighted by atomic mass is 32.1. The van der Waals surface area contributed by atoms with Crippen molar-refractivity contribution in [1.82, 2.24) is 14.8 Å². The fourth-order valence-corrected chi connectivity index (χ4v) is 2.36. The summed E-state index contributed by atoms with van der Waals surface area (Å²) in [6.45, 7) is 3.74. The molecule has 8 heteroatoms. The summed E-state index contributed by atoms with van der Waals surface area (Å²) in [6, 6.07) is 0. The number of aromatic carboxylic acids is 1. The van der Waals surface area contributed by atoms with Gasteiger partial charge < -0.3 is 5.11 Å². The standard InChI is InChI=1S/C11H12N4O3S/c1-5-6(2)19-11(13-5)14-9(16)8-7(10(17)18)4-12-15(8)3/h4H,1-3H3,(H,17,18)(H,13,14,16). The monoisotopic (exact) mass is 280 g/mol. The Balaban J connectivity index is 2.30. The van der Waals surface area contributed by atoms with Crippen LogP contribution < -0.4 is 5.32 Å². The van der Waals surface area contributed by atoms with Gasteiger partial charge in [-0.05, 0) is 13.8 Å². The minimum Gasteiger partial charge on any atom is -0.478 e. The highest BCUT2D eigenvalue weighted by molar-refractivity contribution is 7.15. The maximum atomic E-state index is 12.1. The van der Waals surface area contributed by atoms with Gasteiger partial charge in [0.15, 0.2) is 5.13 Å². The number of carboxylic acid groups (broad SMARTS) is 1. The molecule has 2 aromatic rings. The molecule has 0 atom stereocenters. The van der Waals surface area contributed by atoms with Crippen molar-refractivity contribution in [2.24, 2.45) is 7.05 Å². The van der Waals surface area contributed by atoms with Gasteiger partial charge in [-0.3, -0.25) is 14.8 Å². The molecular weight excluding hydrogens is 268 g/mol. The second-order valence-corrected chi connectivity index (χ2v) is 5.15. The van der Waals surface area contributed by atoms with Gasteiger partial charge in [0.1, 0.15) is 11.3 Å². The summed E-state index contributed by atoms with van der Waals surface area (Å²) < 4.78 is 1.23. The second-order valence-electron chi connectivity index (χ2n) is 3.95. The summed E-state index contributed by atoms with van der Waals surface area (Å²) in [7, 11) is 1.51. The van der Waals surface area contributed by atoms with E-state index in [9.17, 15) is 9.59 Å². The number of hydrogen-bond acceptors (Lipinski definition) is 5. The number of carbonyl (C=O) groups excluding carboxylic acids is 1. The second kappa shape index (κ2) is 4.81. The smallest absolute Gasteiger partial charge is 0.339 e. The molecule has 0 aliphatic carbocycles. The summed E-state index contributed by atoms with van der Waals surface area (Å²) in [5.74, 6) is -1.73. The lowest BCUT2D eigenvalue weighted by Crippen LogP contribution is -2.19. The third-order valence-corrected chi connectivity index (χ3v) is 3.62. The third kappa shape index (κ3) is 2.48. The van der Waals surface area contributed by atoms with Crippen LogP contribution in [0.2, 0.25) is 0 Å². The van der Waals surface area contributed by atoms with Gasteiger partial charge in [0.2, 0.25) is 0 Å². The van der Waals surface area contributed by atoms with E-state index < -0.39 is 11.9 Å². The van der Waals surface area contributed by atoms with Crippen LogP contribution in [0, 0.1) is 13.8 Å². The first-order valence-corrected chi connectivity index (χ1v) is 6.22. The lowest BCUT2D eigenvalue weighted by Gasteiger charge is -2.03. The molecule has 7 nitrogen and oxygen atoms in total. The molecule has 0 fully saturated rings. The maximum absolute atomic E-state index is 12.1. The van der Waals surface area contributed by atoms with Crippen LogP contribution in [-0.4, -0.2) is 31.7 Å². The van der Waals surface area contributed by atoms with E-state index >= 15 is 0 Å². The molecule has 2 N–H and O–H groups in total. The lowest BCUT2D eigenvalue weighted by atomic mass is 10.2. The predicted molar refractivity (Wildman–Crippen MR) is 69.7 cm³/mol. The number of hydrogen-bond donors (Lipinski definition) is 2. The van der Waals surface area contributed by atoms with E-state index in [1.807, 2.05) is 13.8 Å². The van der Waals surface area contributed by atoms with E-state index in [0.717, 1.165) is 16.8 Å². The van der Waals surface area contributed by atoms with Gasteiger partial charge in [0, 0.05) is 11.9 Å². The Kier molecular flexibility index (Phi) is 3.34. The summed E-state index contributed by atoms with van der Waals surface area (Å²) in [5, 5.41) is 15.8. The van der Waals surface area contributed by atoms with Crippen molar-refractivity contribution in [3.05, 3.63) is 28.0 Å². The summed E-state index contributed by atoms with van der Waals surface area (Å²) >= 11 is 1.34. The zero-order chi connectivity index (χ0) is 14.2. The summed E-state index contributed by atoms with van der Waals surface area (Å²) in [6.07, 6.45) is 1.15. The fourth-order valence-electron chi connectivity index (χ4n) is 1.55. The van der Waals surface area contributed by atoms with Gasteiger partial charge >= 0.3 is 5.97 Å². The number of thiazole rings is 1. The Bertz CT molecular complexity index is 639. The summed E-state index contributed by atoms with van der Waals surface area (Å²) in [5.41, 5.74) is 0.701. The molecule has 2 heterocycles. The molecule has 0 aliphatic heterocycles. The highest BCUT2D eigenvalue weighted by Crippen LogP contribution is 2.22. The van der Waals surface area contributed by atoms with Gasteiger partial charge in [0.25, 0.3) is 5.91 Å². The molecular formula is C11H12N4O3S. The van der Waals surface area contributed by atoms with Gasteiger partial charge in [-0.1, -0.05) is 0 Å². The predicted octanol–water partition coefficient (Wildman–Crippen LogP) is 1.44. The van der Waals surface area contributed by atoms with E-state index in [-0.39, 0.29) is 11.3 Å². The molecule has 0 bridgehead atoms. The number of aryl methyl sites for hydroxylation is 3. The average Bonchev–Trinajstić information content (AvgIpc) is 2.83. The number of nitrogens with one attached hydrogen (secondary N) is 1. The first kappa shape index (κ1) is 13.2. The van der Waals surface area contributed by atoms with E-state index in [0.29, 0.717) is 5.13 Å².